The van der Waals surface area contributed by atoms with Gasteiger partial charge < -0.3 is 9.80 Å². The van der Waals surface area contributed by atoms with Gasteiger partial charge in [-0.3, -0.25) is 14.9 Å². The van der Waals surface area contributed by atoms with Gasteiger partial charge in [0.15, 0.2) is 0 Å². The summed E-state index contributed by atoms with van der Waals surface area (Å²) in [5, 5.41) is 11.9. The molecule has 0 N–H and O–H groups in total. The second kappa shape index (κ2) is 9.76. The van der Waals surface area contributed by atoms with Crippen LogP contribution in [0.4, 0.5) is 5.69 Å². The van der Waals surface area contributed by atoms with Gasteiger partial charge in [-0.05, 0) is 92.9 Å². The molecule has 3 aromatic carbocycles. The van der Waals surface area contributed by atoms with Crippen LogP contribution in [0, 0.1) is 10.1 Å². The van der Waals surface area contributed by atoms with Crippen molar-refractivity contribution in [2.75, 3.05) is 20.6 Å². The highest BCUT2D eigenvalue weighted by Crippen LogP contribution is 2.54. The number of hydrogen-bond acceptors (Lipinski definition) is 4. The molecule has 6 rings (SSSR count). The Hall–Kier alpha value is -3.77. The summed E-state index contributed by atoms with van der Waals surface area (Å²) in [5.41, 5.74) is 6.34. The van der Waals surface area contributed by atoms with Crippen molar-refractivity contribution in [2.45, 2.75) is 56.0 Å². The van der Waals surface area contributed by atoms with Crippen LogP contribution in [0.5, 0.6) is 0 Å². The van der Waals surface area contributed by atoms with Crippen molar-refractivity contribution in [1.82, 2.24) is 9.80 Å². The molecular weight excluding hydrogens is 486 g/mol. The molecule has 1 spiro atoms. The largest absolute Gasteiger partial charge is 0.329 e. The minimum Gasteiger partial charge on any atom is -0.329 e. The second-order valence-corrected chi connectivity index (χ2v) is 11.6. The van der Waals surface area contributed by atoms with E-state index in [9.17, 15) is 14.9 Å². The summed E-state index contributed by atoms with van der Waals surface area (Å²) in [4.78, 5) is 30.1. The van der Waals surface area contributed by atoms with E-state index in [1.165, 1.54) is 33.9 Å². The summed E-state index contributed by atoms with van der Waals surface area (Å²) < 4.78 is 0. The Labute approximate surface area is 230 Å². The van der Waals surface area contributed by atoms with Gasteiger partial charge in [0.25, 0.3) is 11.6 Å². The van der Waals surface area contributed by atoms with Crippen molar-refractivity contribution in [1.29, 1.82) is 0 Å². The van der Waals surface area contributed by atoms with Crippen LogP contribution in [-0.2, 0) is 12.8 Å². The fourth-order valence-electron chi connectivity index (χ4n) is 7.47. The van der Waals surface area contributed by atoms with E-state index in [1.54, 1.807) is 18.2 Å². The average molecular weight is 522 g/mol. The molecule has 1 amide bonds. The van der Waals surface area contributed by atoms with E-state index in [4.69, 9.17) is 0 Å². The number of hydrogen-bond donors (Lipinski definition) is 0. The summed E-state index contributed by atoms with van der Waals surface area (Å²) in [6.07, 6.45) is 6.17. The van der Waals surface area contributed by atoms with Gasteiger partial charge in [0.1, 0.15) is 5.56 Å². The molecule has 6 nitrogen and oxygen atoms in total. The van der Waals surface area contributed by atoms with Crippen molar-refractivity contribution < 1.29 is 9.72 Å². The molecule has 2 aliphatic carbocycles. The molecule has 0 aromatic heterocycles. The van der Waals surface area contributed by atoms with Crippen molar-refractivity contribution in [2.24, 2.45) is 0 Å². The fraction of sp³-hybridized carbons (Fsp3) is 0.364. The van der Waals surface area contributed by atoms with Crippen molar-refractivity contribution >= 4 is 17.2 Å². The first-order valence-electron chi connectivity index (χ1n) is 13.9. The zero-order valence-electron chi connectivity index (χ0n) is 22.7. The number of likely N-dealkylation sites (N-methyl/N-ethyl adjacent to an activating group) is 1. The van der Waals surface area contributed by atoms with Crippen LogP contribution in [0.25, 0.3) is 5.57 Å². The van der Waals surface area contributed by atoms with Gasteiger partial charge in [-0.15, -0.1) is 0 Å². The summed E-state index contributed by atoms with van der Waals surface area (Å²) in [6.45, 7) is 0.575. The van der Waals surface area contributed by atoms with E-state index in [1.807, 2.05) is 4.90 Å². The van der Waals surface area contributed by atoms with E-state index in [2.05, 4.69) is 73.6 Å². The highest BCUT2D eigenvalue weighted by Gasteiger charge is 2.53. The van der Waals surface area contributed by atoms with E-state index in [0.29, 0.717) is 6.54 Å². The number of rotatable bonds is 5. The smallest absolute Gasteiger partial charge is 0.282 e. The first-order valence-corrected chi connectivity index (χ1v) is 13.9. The summed E-state index contributed by atoms with van der Waals surface area (Å²) in [5.74, 6) is -0.217. The predicted molar refractivity (Wildman–Crippen MR) is 154 cm³/mol. The van der Waals surface area contributed by atoms with Gasteiger partial charge >= 0.3 is 0 Å². The van der Waals surface area contributed by atoms with Crippen molar-refractivity contribution in [3.63, 3.8) is 0 Å². The maximum atomic E-state index is 14.2. The molecular formula is C33H35N3O3. The molecule has 6 heteroatoms. The zero-order chi connectivity index (χ0) is 27.2. The van der Waals surface area contributed by atoms with Crippen LogP contribution in [-0.4, -0.2) is 52.3 Å². The lowest BCUT2D eigenvalue weighted by atomic mass is 9.64. The summed E-state index contributed by atoms with van der Waals surface area (Å²) >= 11 is 0. The van der Waals surface area contributed by atoms with Gasteiger partial charge in [-0.25, -0.2) is 0 Å². The SMILES string of the molecule is CN(C)C1(Cc2ccccc2)CCC2(CC1)C1=C(CCN2C(=O)c2ccccc2[N+](=O)[O-])c2ccccc2C1. The average Bonchev–Trinajstić information content (AvgIpc) is 3.34. The molecule has 1 heterocycles. The molecule has 3 aliphatic rings. The summed E-state index contributed by atoms with van der Waals surface area (Å²) in [6, 6.07) is 25.7. The Bertz CT molecular complexity index is 1450. The molecule has 1 aliphatic heterocycles. The van der Waals surface area contributed by atoms with Crippen LogP contribution in [0.2, 0.25) is 0 Å². The Morgan fingerprint density at radius 2 is 1.59 bits per heavy atom. The molecule has 1 fully saturated rings. The van der Waals surface area contributed by atoms with Gasteiger partial charge in [0.2, 0.25) is 0 Å². The van der Waals surface area contributed by atoms with Crippen LogP contribution >= 0.6 is 0 Å². The zero-order valence-corrected chi connectivity index (χ0v) is 22.7. The van der Waals surface area contributed by atoms with E-state index >= 15 is 0 Å². The molecule has 0 radical (unpaired) electrons. The Morgan fingerprint density at radius 1 is 0.923 bits per heavy atom. The lowest BCUT2D eigenvalue weighted by Crippen LogP contribution is -2.61. The van der Waals surface area contributed by atoms with E-state index in [0.717, 1.165) is 44.9 Å². The molecule has 0 unspecified atom stereocenters. The number of carbonyl (C=O) groups is 1. The first kappa shape index (κ1) is 25.5. The van der Waals surface area contributed by atoms with Crippen LogP contribution in [0.1, 0.15) is 59.2 Å². The Balaban J connectivity index is 1.41. The minimum atomic E-state index is -0.441. The third-order valence-electron chi connectivity index (χ3n) is 9.65. The molecule has 0 bridgehead atoms. The lowest BCUT2D eigenvalue weighted by Gasteiger charge is -2.56. The fourth-order valence-corrected chi connectivity index (χ4v) is 7.47. The molecule has 3 aromatic rings. The van der Waals surface area contributed by atoms with Gasteiger partial charge in [0, 0.05) is 18.2 Å². The Morgan fingerprint density at radius 3 is 2.31 bits per heavy atom. The lowest BCUT2D eigenvalue weighted by molar-refractivity contribution is -0.385. The van der Waals surface area contributed by atoms with Gasteiger partial charge in [0.05, 0.1) is 10.5 Å². The third kappa shape index (κ3) is 4.18. The maximum Gasteiger partial charge on any atom is 0.282 e. The monoisotopic (exact) mass is 521 g/mol. The highest BCUT2D eigenvalue weighted by atomic mass is 16.6. The Kier molecular flexibility index (Phi) is 6.38. The normalized spacial score (nSPS) is 24.1. The van der Waals surface area contributed by atoms with Crippen molar-refractivity contribution in [3.8, 4) is 0 Å². The third-order valence-corrected chi connectivity index (χ3v) is 9.65. The maximum absolute atomic E-state index is 14.2. The van der Waals surface area contributed by atoms with Gasteiger partial charge in [-0.2, -0.15) is 0 Å². The van der Waals surface area contributed by atoms with Crippen molar-refractivity contribution in [3.05, 3.63) is 117 Å². The first-order chi connectivity index (χ1) is 18.8. The number of carbonyl (C=O) groups excluding carboxylic acids is 1. The molecule has 0 saturated heterocycles. The molecule has 200 valence electrons. The van der Waals surface area contributed by atoms with Crippen LogP contribution in [0.15, 0.2) is 84.4 Å². The van der Waals surface area contributed by atoms with E-state index in [-0.39, 0.29) is 22.7 Å². The highest BCUT2D eigenvalue weighted by molar-refractivity contribution is 5.99. The molecule has 39 heavy (non-hydrogen) atoms. The number of nitro groups is 1. The van der Waals surface area contributed by atoms with Crippen LogP contribution in [0.3, 0.4) is 0 Å². The number of amides is 1. The number of nitro benzene ring substituents is 1. The topological polar surface area (TPSA) is 66.7 Å². The number of fused-ring (bicyclic) bond motifs is 3. The number of benzene rings is 3. The summed E-state index contributed by atoms with van der Waals surface area (Å²) in [7, 11) is 4.35. The van der Waals surface area contributed by atoms with Crippen LogP contribution < -0.4 is 0 Å². The van der Waals surface area contributed by atoms with E-state index < -0.39 is 10.5 Å². The number of nitrogens with zero attached hydrogens (tertiary/aromatic N) is 3. The number of para-hydroxylation sites is 1. The standard InChI is InChI=1S/C33H35N3O3/c1-34(2)32(23-24-10-4-3-5-11-24)17-19-33(20-18-32)29-22-25-12-6-7-13-26(25)27(29)16-21-35(33)31(37)28-14-8-9-15-30(28)36(38)39/h3-15H,16-23H2,1-2H3. The quantitative estimate of drug-likeness (QED) is 0.292. The molecule has 0 atom stereocenters. The molecule has 1 saturated carbocycles. The van der Waals surface area contributed by atoms with Gasteiger partial charge in [-0.1, -0.05) is 66.7 Å². The predicted octanol–water partition coefficient (Wildman–Crippen LogP) is 6.31. The minimum absolute atomic E-state index is 0.0102. The second-order valence-electron chi connectivity index (χ2n) is 11.6.